The topological polar surface area (TPSA) is 76.9 Å². The van der Waals surface area contributed by atoms with E-state index in [0.717, 1.165) is 21.2 Å². The van der Waals surface area contributed by atoms with E-state index in [0.29, 0.717) is 5.82 Å². The van der Waals surface area contributed by atoms with Gasteiger partial charge in [0, 0.05) is 4.47 Å². The van der Waals surface area contributed by atoms with Crippen molar-refractivity contribution in [3.8, 4) is 6.07 Å². The molecule has 21 heavy (non-hydrogen) atoms. The van der Waals surface area contributed by atoms with Crippen LogP contribution in [0.5, 0.6) is 0 Å². The first kappa shape index (κ1) is 13.3. The van der Waals surface area contributed by atoms with Gasteiger partial charge in [-0.1, -0.05) is 28.1 Å². The molecule has 0 aliphatic heterocycles. The molecule has 6 heteroatoms. The number of H-pyrrole nitrogens is 1. The number of hydrogen-bond donors (Lipinski definition) is 2. The third-order valence-electron chi connectivity index (χ3n) is 2.86. The number of rotatable bonds is 3. The van der Waals surface area contributed by atoms with Gasteiger partial charge in [-0.2, -0.15) is 10.4 Å². The Kier molecular flexibility index (Phi) is 3.67. The van der Waals surface area contributed by atoms with Gasteiger partial charge < -0.3 is 4.98 Å². The van der Waals surface area contributed by atoms with Crippen LogP contribution in [0.3, 0.4) is 0 Å². The molecule has 3 rings (SSSR count). The molecule has 0 saturated carbocycles. The number of nitrogens with one attached hydrogen (secondary N) is 2. The number of nitrogens with zero attached hydrogens (tertiary/aromatic N) is 3. The summed E-state index contributed by atoms with van der Waals surface area (Å²) in [6.45, 7) is 0. The average molecular weight is 340 g/mol. The van der Waals surface area contributed by atoms with Gasteiger partial charge >= 0.3 is 0 Å². The minimum atomic E-state index is 0.203. The molecular formula is C15H10BrN5. The molecule has 0 amide bonds. The molecule has 0 saturated heterocycles. The van der Waals surface area contributed by atoms with Crippen LogP contribution >= 0.6 is 15.9 Å². The van der Waals surface area contributed by atoms with E-state index in [1.807, 2.05) is 54.6 Å². The van der Waals surface area contributed by atoms with Crippen molar-refractivity contribution in [1.82, 2.24) is 9.97 Å². The molecular weight excluding hydrogens is 330 g/mol. The second-order valence-corrected chi connectivity index (χ2v) is 5.21. The molecule has 2 N–H and O–H groups in total. The summed E-state index contributed by atoms with van der Waals surface area (Å²) >= 11 is 3.36. The molecule has 0 bridgehead atoms. The zero-order chi connectivity index (χ0) is 14.7. The zero-order valence-corrected chi connectivity index (χ0v) is 12.4. The highest BCUT2D eigenvalue weighted by atomic mass is 79.9. The maximum Gasteiger partial charge on any atom is 0.203 e. The highest BCUT2D eigenvalue weighted by Crippen LogP contribution is 2.15. The van der Waals surface area contributed by atoms with Crippen LogP contribution in [0.2, 0.25) is 0 Å². The van der Waals surface area contributed by atoms with Gasteiger partial charge in [0.15, 0.2) is 5.82 Å². The van der Waals surface area contributed by atoms with Crippen molar-refractivity contribution in [2.45, 2.75) is 0 Å². The van der Waals surface area contributed by atoms with Crippen molar-refractivity contribution < 1.29 is 0 Å². The first-order valence-corrected chi connectivity index (χ1v) is 7.00. The Morgan fingerprint density at radius 1 is 1.19 bits per heavy atom. The van der Waals surface area contributed by atoms with Crippen LogP contribution < -0.4 is 5.43 Å². The van der Waals surface area contributed by atoms with E-state index in [4.69, 9.17) is 0 Å². The number of hydrazone groups is 1. The molecule has 1 heterocycles. The monoisotopic (exact) mass is 339 g/mol. The fourth-order valence-electron chi connectivity index (χ4n) is 1.84. The van der Waals surface area contributed by atoms with E-state index in [-0.39, 0.29) is 5.71 Å². The van der Waals surface area contributed by atoms with Gasteiger partial charge in [0.05, 0.1) is 16.7 Å². The second-order valence-electron chi connectivity index (χ2n) is 4.29. The number of nitriles is 1. The molecule has 0 spiro atoms. The summed E-state index contributed by atoms with van der Waals surface area (Å²) in [4.78, 5) is 7.43. The summed E-state index contributed by atoms with van der Waals surface area (Å²) in [6, 6.07) is 17.2. The van der Waals surface area contributed by atoms with Crippen molar-refractivity contribution in [3.05, 3.63) is 58.8 Å². The Morgan fingerprint density at radius 3 is 2.67 bits per heavy atom. The standard InChI is InChI=1S/C15H10BrN5/c16-10-5-7-11(8-6-10)20-21-14(9-17)15-18-12-3-1-2-4-13(12)19-15/h1-8,20H,(H,18,19). The minimum Gasteiger partial charge on any atom is -0.336 e. The lowest BCUT2D eigenvalue weighted by Crippen LogP contribution is -2.03. The van der Waals surface area contributed by atoms with Crippen LogP contribution in [-0.2, 0) is 0 Å². The molecule has 0 unspecified atom stereocenters. The summed E-state index contributed by atoms with van der Waals surface area (Å²) in [6.07, 6.45) is 0. The van der Waals surface area contributed by atoms with Crippen LogP contribution in [0.4, 0.5) is 5.69 Å². The molecule has 2 aromatic carbocycles. The number of benzene rings is 2. The SMILES string of the molecule is N#CC(=NNc1ccc(Br)cc1)c1nc2ccccc2[nH]1. The van der Waals surface area contributed by atoms with E-state index in [2.05, 4.69) is 36.4 Å². The quantitative estimate of drug-likeness (QED) is 0.564. The smallest absolute Gasteiger partial charge is 0.203 e. The lowest BCUT2D eigenvalue weighted by Gasteiger charge is -2.00. The van der Waals surface area contributed by atoms with Gasteiger partial charge in [-0.3, -0.25) is 5.43 Å². The van der Waals surface area contributed by atoms with Crippen molar-refractivity contribution >= 4 is 38.4 Å². The normalized spacial score (nSPS) is 11.3. The lowest BCUT2D eigenvalue weighted by atomic mass is 10.3. The third kappa shape index (κ3) is 2.93. The third-order valence-corrected chi connectivity index (χ3v) is 3.39. The van der Waals surface area contributed by atoms with E-state index >= 15 is 0 Å². The molecule has 0 aliphatic rings. The number of hydrogen-bond acceptors (Lipinski definition) is 4. The van der Waals surface area contributed by atoms with Crippen LogP contribution in [0, 0.1) is 11.3 Å². The number of anilines is 1. The Bertz CT molecular complexity index is 809. The van der Waals surface area contributed by atoms with Gasteiger partial charge in [-0.05, 0) is 36.4 Å². The molecule has 0 atom stereocenters. The van der Waals surface area contributed by atoms with Crippen LogP contribution in [0.1, 0.15) is 5.82 Å². The molecule has 0 fully saturated rings. The largest absolute Gasteiger partial charge is 0.336 e. The lowest BCUT2D eigenvalue weighted by molar-refractivity contribution is 1.25. The predicted molar refractivity (Wildman–Crippen MR) is 86.0 cm³/mol. The number of fused-ring (bicyclic) bond motifs is 1. The Morgan fingerprint density at radius 2 is 1.95 bits per heavy atom. The maximum absolute atomic E-state index is 9.24. The first-order chi connectivity index (χ1) is 10.3. The number of imidazole rings is 1. The van der Waals surface area contributed by atoms with Gasteiger partial charge in [0.2, 0.25) is 5.71 Å². The summed E-state index contributed by atoms with van der Waals surface area (Å²) < 4.78 is 0.981. The minimum absolute atomic E-state index is 0.203. The number of aromatic nitrogens is 2. The summed E-state index contributed by atoms with van der Waals surface area (Å²) in [5.74, 6) is 0.448. The van der Waals surface area contributed by atoms with E-state index in [1.165, 1.54) is 0 Å². The van der Waals surface area contributed by atoms with Crippen molar-refractivity contribution in [2.75, 3.05) is 5.43 Å². The van der Waals surface area contributed by atoms with E-state index in [1.54, 1.807) is 0 Å². The summed E-state index contributed by atoms with van der Waals surface area (Å²) in [5.41, 5.74) is 5.53. The van der Waals surface area contributed by atoms with E-state index < -0.39 is 0 Å². The Balaban J connectivity index is 1.89. The maximum atomic E-state index is 9.24. The van der Waals surface area contributed by atoms with Gasteiger partial charge in [0.1, 0.15) is 6.07 Å². The van der Waals surface area contributed by atoms with Crippen molar-refractivity contribution in [3.63, 3.8) is 0 Å². The van der Waals surface area contributed by atoms with Crippen molar-refractivity contribution in [1.29, 1.82) is 5.26 Å². The molecule has 5 nitrogen and oxygen atoms in total. The van der Waals surface area contributed by atoms with Gasteiger partial charge in [-0.25, -0.2) is 4.98 Å². The zero-order valence-electron chi connectivity index (χ0n) is 10.8. The second kappa shape index (κ2) is 5.77. The molecule has 102 valence electrons. The predicted octanol–water partition coefficient (Wildman–Crippen LogP) is 3.67. The molecule has 0 radical (unpaired) electrons. The van der Waals surface area contributed by atoms with Crippen molar-refractivity contribution in [2.24, 2.45) is 5.10 Å². The van der Waals surface area contributed by atoms with Crippen LogP contribution in [-0.4, -0.2) is 15.7 Å². The van der Waals surface area contributed by atoms with Gasteiger partial charge in [0.25, 0.3) is 0 Å². The summed E-state index contributed by atoms with van der Waals surface area (Å²) in [7, 11) is 0. The van der Waals surface area contributed by atoms with Crippen LogP contribution in [0.25, 0.3) is 11.0 Å². The molecule has 3 aromatic rings. The number of aromatic amines is 1. The summed E-state index contributed by atoms with van der Waals surface area (Å²) in [5, 5.41) is 13.3. The average Bonchev–Trinajstić information content (AvgIpc) is 2.93. The highest BCUT2D eigenvalue weighted by Gasteiger charge is 2.08. The first-order valence-electron chi connectivity index (χ1n) is 6.21. The molecule has 1 aromatic heterocycles. The van der Waals surface area contributed by atoms with Gasteiger partial charge in [-0.15, -0.1) is 0 Å². The number of halogens is 1. The fraction of sp³-hybridized carbons (Fsp3) is 0. The highest BCUT2D eigenvalue weighted by molar-refractivity contribution is 9.10. The fourth-order valence-corrected chi connectivity index (χ4v) is 2.11. The van der Waals surface area contributed by atoms with E-state index in [9.17, 15) is 5.26 Å². The Hall–Kier alpha value is -2.65. The Labute approximate surface area is 129 Å². The number of para-hydroxylation sites is 2. The molecule has 0 aliphatic carbocycles. The van der Waals surface area contributed by atoms with Crippen LogP contribution in [0.15, 0.2) is 58.1 Å².